The predicted octanol–water partition coefficient (Wildman–Crippen LogP) is 7.16. The first-order valence-electron chi connectivity index (χ1n) is 11.4. The predicted molar refractivity (Wildman–Crippen MR) is 130 cm³/mol. The van der Waals surface area contributed by atoms with Gasteiger partial charge in [0.15, 0.2) is 0 Å². The molecule has 0 spiro atoms. The molecule has 2 N–H and O–H groups in total. The Hall–Kier alpha value is -3.60. The van der Waals surface area contributed by atoms with Gasteiger partial charge in [-0.05, 0) is 46.9 Å². The Labute approximate surface area is 194 Å². The summed E-state index contributed by atoms with van der Waals surface area (Å²) in [6, 6.07) is 19.8. The fraction of sp³-hybridized carbons (Fsp3) is 0.286. The normalized spacial score (nSPS) is 10.7. The van der Waals surface area contributed by atoms with Crippen molar-refractivity contribution in [2.24, 2.45) is 0 Å². The van der Waals surface area contributed by atoms with E-state index in [4.69, 9.17) is 4.74 Å². The van der Waals surface area contributed by atoms with Crippen molar-refractivity contribution in [3.8, 4) is 28.0 Å². The number of carbonyl (C=O) groups is 2. The van der Waals surface area contributed by atoms with Crippen molar-refractivity contribution in [2.45, 2.75) is 45.4 Å². The zero-order chi connectivity index (χ0) is 23.6. The molecule has 33 heavy (non-hydrogen) atoms. The third-order valence-corrected chi connectivity index (χ3v) is 5.66. The summed E-state index contributed by atoms with van der Waals surface area (Å²) in [5.74, 6) is -1.67. The van der Waals surface area contributed by atoms with Crippen LogP contribution in [0.2, 0.25) is 0 Å². The van der Waals surface area contributed by atoms with Crippen LogP contribution in [0.15, 0.2) is 66.7 Å². The summed E-state index contributed by atoms with van der Waals surface area (Å²) in [5.41, 5.74) is 2.61. The lowest BCUT2D eigenvalue weighted by molar-refractivity contribution is 0.0652. The highest BCUT2D eigenvalue weighted by Gasteiger charge is 2.20. The topological polar surface area (TPSA) is 83.8 Å². The highest BCUT2D eigenvalue weighted by atomic mass is 16.5. The molecule has 3 rings (SSSR count). The van der Waals surface area contributed by atoms with Crippen LogP contribution in [0.4, 0.5) is 0 Å². The first kappa shape index (κ1) is 24.1. The Morgan fingerprint density at radius 1 is 0.697 bits per heavy atom. The maximum absolute atomic E-state index is 11.7. The van der Waals surface area contributed by atoms with Gasteiger partial charge in [-0.1, -0.05) is 87.6 Å². The Balaban J connectivity index is 1.66. The minimum atomic E-state index is -1.26. The third-order valence-electron chi connectivity index (χ3n) is 5.66. The number of aromatic carboxylic acids is 2. The molecule has 3 aromatic carbocycles. The summed E-state index contributed by atoms with van der Waals surface area (Å²) in [4.78, 5) is 23.2. The highest BCUT2D eigenvalue weighted by molar-refractivity contribution is 6.06. The molecular formula is C28H30O5. The number of benzene rings is 3. The molecule has 5 heteroatoms. The summed E-state index contributed by atoms with van der Waals surface area (Å²) < 4.78 is 5.84. The average molecular weight is 447 g/mol. The second-order valence-corrected chi connectivity index (χ2v) is 8.06. The van der Waals surface area contributed by atoms with Crippen molar-refractivity contribution >= 4 is 11.9 Å². The fourth-order valence-corrected chi connectivity index (χ4v) is 3.86. The van der Waals surface area contributed by atoms with E-state index in [-0.39, 0.29) is 11.1 Å². The molecule has 5 nitrogen and oxygen atoms in total. The van der Waals surface area contributed by atoms with E-state index in [1.165, 1.54) is 38.2 Å². The maximum Gasteiger partial charge on any atom is 0.337 e. The van der Waals surface area contributed by atoms with Crippen LogP contribution in [-0.4, -0.2) is 28.8 Å². The lowest BCUT2D eigenvalue weighted by Crippen LogP contribution is -2.09. The average Bonchev–Trinajstić information content (AvgIpc) is 2.83. The molecule has 172 valence electrons. The van der Waals surface area contributed by atoms with Crippen LogP contribution >= 0.6 is 0 Å². The minimum Gasteiger partial charge on any atom is -0.494 e. The molecule has 0 aliphatic heterocycles. The first-order chi connectivity index (χ1) is 16.0. The lowest BCUT2D eigenvalue weighted by atomic mass is 9.94. The molecule has 0 aromatic heterocycles. The van der Waals surface area contributed by atoms with Crippen LogP contribution < -0.4 is 4.74 Å². The number of carboxylic acids is 2. The monoisotopic (exact) mass is 446 g/mol. The molecule has 0 amide bonds. The van der Waals surface area contributed by atoms with Gasteiger partial charge in [-0.25, -0.2) is 9.59 Å². The van der Waals surface area contributed by atoms with Crippen molar-refractivity contribution in [3.05, 3.63) is 77.9 Å². The van der Waals surface area contributed by atoms with Gasteiger partial charge in [0.1, 0.15) is 5.75 Å². The second kappa shape index (κ2) is 11.9. The van der Waals surface area contributed by atoms with Crippen molar-refractivity contribution < 1.29 is 24.5 Å². The van der Waals surface area contributed by atoms with Crippen LogP contribution in [0.5, 0.6) is 5.75 Å². The zero-order valence-corrected chi connectivity index (χ0v) is 18.9. The Morgan fingerprint density at radius 2 is 1.27 bits per heavy atom. The number of carboxylic acid groups (broad SMARTS) is 2. The summed E-state index contributed by atoms with van der Waals surface area (Å²) in [6.07, 6.45) is 7.39. The van der Waals surface area contributed by atoms with E-state index >= 15 is 0 Å². The lowest BCUT2D eigenvalue weighted by Gasteiger charge is -2.11. The highest BCUT2D eigenvalue weighted by Crippen LogP contribution is 2.30. The molecule has 0 radical (unpaired) electrons. The Bertz CT molecular complexity index is 1070. The summed E-state index contributed by atoms with van der Waals surface area (Å²) >= 11 is 0. The SMILES string of the molecule is CCCCCCCCOc1ccc(-c2ccc(-c3cccc(C(=O)O)c3C(=O)O)cc2)cc1. The van der Waals surface area contributed by atoms with Crippen LogP contribution in [0.1, 0.15) is 66.2 Å². The molecule has 0 aliphatic rings. The van der Waals surface area contributed by atoms with Crippen LogP contribution in [0.25, 0.3) is 22.3 Å². The van der Waals surface area contributed by atoms with Crippen molar-refractivity contribution in [3.63, 3.8) is 0 Å². The molecule has 0 aliphatic carbocycles. The molecule has 0 heterocycles. The maximum atomic E-state index is 11.7. The van der Waals surface area contributed by atoms with E-state index in [2.05, 4.69) is 6.92 Å². The van der Waals surface area contributed by atoms with Gasteiger partial charge in [0, 0.05) is 0 Å². The van der Waals surface area contributed by atoms with Crippen molar-refractivity contribution in [2.75, 3.05) is 6.61 Å². The largest absolute Gasteiger partial charge is 0.494 e. The second-order valence-electron chi connectivity index (χ2n) is 8.06. The van der Waals surface area contributed by atoms with Gasteiger partial charge in [0.05, 0.1) is 17.7 Å². The first-order valence-corrected chi connectivity index (χ1v) is 11.4. The zero-order valence-electron chi connectivity index (χ0n) is 18.9. The van der Waals surface area contributed by atoms with E-state index < -0.39 is 11.9 Å². The smallest absolute Gasteiger partial charge is 0.337 e. The van der Waals surface area contributed by atoms with Crippen LogP contribution in [0, 0.1) is 0 Å². The van der Waals surface area contributed by atoms with Gasteiger partial charge in [0.25, 0.3) is 0 Å². The Kier molecular flexibility index (Phi) is 8.64. The standard InChI is InChI=1S/C28H30O5/c1-2-3-4-5-6-7-19-33-23-17-15-21(16-18-23)20-11-13-22(14-12-20)24-9-8-10-25(27(29)30)26(24)28(31)32/h8-18H,2-7,19H2,1H3,(H,29,30)(H,31,32). The Morgan fingerprint density at radius 3 is 1.88 bits per heavy atom. The van der Waals surface area contributed by atoms with E-state index in [1.807, 2.05) is 48.5 Å². The molecule has 0 saturated heterocycles. The molecule has 3 aromatic rings. The van der Waals surface area contributed by atoms with Crippen molar-refractivity contribution in [1.82, 2.24) is 0 Å². The van der Waals surface area contributed by atoms with Gasteiger partial charge in [-0.3, -0.25) is 0 Å². The van der Waals surface area contributed by atoms with Gasteiger partial charge < -0.3 is 14.9 Å². The molecule has 0 unspecified atom stereocenters. The van der Waals surface area contributed by atoms with Gasteiger partial charge >= 0.3 is 11.9 Å². The summed E-state index contributed by atoms with van der Waals surface area (Å²) in [7, 11) is 0. The number of unbranched alkanes of at least 4 members (excludes halogenated alkanes) is 5. The molecule has 0 atom stereocenters. The van der Waals surface area contributed by atoms with Gasteiger partial charge in [0.2, 0.25) is 0 Å². The quantitative estimate of drug-likeness (QED) is 0.288. The molecule has 0 bridgehead atoms. The van der Waals surface area contributed by atoms with E-state index in [1.54, 1.807) is 12.1 Å². The molecule has 0 fully saturated rings. The van der Waals surface area contributed by atoms with Crippen LogP contribution in [-0.2, 0) is 0 Å². The number of rotatable bonds is 12. The summed E-state index contributed by atoms with van der Waals surface area (Å²) in [5, 5.41) is 18.9. The van der Waals surface area contributed by atoms with Crippen LogP contribution in [0.3, 0.4) is 0 Å². The number of ether oxygens (including phenoxy) is 1. The van der Waals surface area contributed by atoms with E-state index in [9.17, 15) is 19.8 Å². The third kappa shape index (κ3) is 6.45. The van der Waals surface area contributed by atoms with Gasteiger partial charge in [-0.2, -0.15) is 0 Å². The molecule has 0 saturated carbocycles. The molecular weight excluding hydrogens is 416 g/mol. The van der Waals surface area contributed by atoms with E-state index in [0.717, 1.165) is 29.9 Å². The number of hydrogen-bond donors (Lipinski definition) is 2. The minimum absolute atomic E-state index is 0.204. The van der Waals surface area contributed by atoms with E-state index in [0.29, 0.717) is 11.1 Å². The number of hydrogen-bond acceptors (Lipinski definition) is 3. The van der Waals surface area contributed by atoms with Crippen molar-refractivity contribution in [1.29, 1.82) is 0 Å². The van der Waals surface area contributed by atoms with Gasteiger partial charge in [-0.15, -0.1) is 0 Å². The fourth-order valence-electron chi connectivity index (χ4n) is 3.86. The summed E-state index contributed by atoms with van der Waals surface area (Å²) in [6.45, 7) is 2.94.